The number of benzene rings is 2. The van der Waals surface area contributed by atoms with Gasteiger partial charge >= 0.3 is 0 Å². The molecule has 2 heterocycles. The summed E-state index contributed by atoms with van der Waals surface area (Å²) >= 11 is 1.77. The molecule has 2 aliphatic heterocycles. The average molecular weight is 290 g/mol. The maximum Gasteiger partial charge on any atom is 0.124 e. The molecule has 0 aliphatic carbocycles. The van der Waals surface area contributed by atoms with E-state index in [4.69, 9.17) is 0 Å². The lowest BCUT2D eigenvalue weighted by molar-refractivity contribution is 1.18. The summed E-state index contributed by atoms with van der Waals surface area (Å²) in [5.41, 5.74) is 8.25. The van der Waals surface area contributed by atoms with Crippen molar-refractivity contribution in [3.05, 3.63) is 77.1 Å². The minimum Gasteiger partial charge on any atom is -0.361 e. The van der Waals surface area contributed by atoms with Gasteiger partial charge in [-0.15, -0.1) is 0 Å². The third-order valence-corrected chi connectivity index (χ3v) is 4.82. The second-order valence-corrected chi connectivity index (χ2v) is 6.03. The standard InChI is InChI=1S/C18H14N2S/c1-20-16-8-4-5-9-17(16)21-18(20)12-13-10-11-19-15-7-3-2-6-14(13)15/h2-11,19H,1H3. The zero-order valence-corrected chi connectivity index (χ0v) is 12.4. The first-order valence-corrected chi connectivity index (χ1v) is 7.68. The zero-order valence-electron chi connectivity index (χ0n) is 11.6. The molecule has 0 amide bonds. The number of anilines is 2. The summed E-state index contributed by atoms with van der Waals surface area (Å²) in [6.45, 7) is 0. The predicted molar refractivity (Wildman–Crippen MR) is 90.3 cm³/mol. The Morgan fingerprint density at radius 3 is 2.76 bits per heavy atom. The summed E-state index contributed by atoms with van der Waals surface area (Å²) in [6.07, 6.45) is 4.05. The largest absolute Gasteiger partial charge is 0.361 e. The van der Waals surface area contributed by atoms with Crippen LogP contribution in [0.4, 0.5) is 11.4 Å². The summed E-state index contributed by atoms with van der Waals surface area (Å²) in [5, 5.41) is 4.41. The first-order valence-electron chi connectivity index (χ1n) is 6.87. The Balaban J connectivity index is 1.85. The predicted octanol–water partition coefficient (Wildman–Crippen LogP) is 4.69. The SMILES string of the molecule is CN1C(=C=C2C=CNc3ccccc32)Sc2ccccc21. The van der Waals surface area contributed by atoms with Crippen LogP contribution in [0, 0.1) is 0 Å². The molecule has 0 aromatic heterocycles. The number of allylic oxidation sites excluding steroid dienone is 2. The van der Waals surface area contributed by atoms with Gasteiger partial charge in [-0.25, -0.2) is 0 Å². The van der Waals surface area contributed by atoms with Crippen LogP contribution in [0.2, 0.25) is 0 Å². The molecule has 0 bridgehead atoms. The number of hydrogen-bond acceptors (Lipinski definition) is 3. The summed E-state index contributed by atoms with van der Waals surface area (Å²) < 4.78 is 0. The fourth-order valence-electron chi connectivity index (χ4n) is 2.58. The van der Waals surface area contributed by atoms with Crippen LogP contribution < -0.4 is 10.2 Å². The van der Waals surface area contributed by atoms with Gasteiger partial charge in [0.2, 0.25) is 0 Å². The van der Waals surface area contributed by atoms with Crippen LogP contribution in [0.25, 0.3) is 5.57 Å². The first-order chi connectivity index (χ1) is 10.3. The Labute approximate surface area is 128 Å². The number of nitrogens with one attached hydrogen (secondary N) is 1. The molecule has 2 aliphatic rings. The van der Waals surface area contributed by atoms with Crippen molar-refractivity contribution in [3.63, 3.8) is 0 Å². The highest BCUT2D eigenvalue weighted by Gasteiger charge is 2.21. The fraction of sp³-hybridized carbons (Fsp3) is 0.0556. The number of rotatable bonds is 0. The van der Waals surface area contributed by atoms with Crippen LogP contribution in [0.15, 0.2) is 76.5 Å². The number of nitrogens with zero attached hydrogens (tertiary/aromatic N) is 1. The third kappa shape index (κ3) is 2.07. The summed E-state index contributed by atoms with van der Waals surface area (Å²) in [6, 6.07) is 16.8. The highest BCUT2D eigenvalue weighted by molar-refractivity contribution is 8.03. The van der Waals surface area contributed by atoms with E-state index >= 15 is 0 Å². The topological polar surface area (TPSA) is 15.3 Å². The molecule has 4 rings (SSSR count). The van der Waals surface area contributed by atoms with E-state index in [-0.39, 0.29) is 0 Å². The molecule has 2 aromatic rings. The van der Waals surface area contributed by atoms with E-state index in [0.29, 0.717) is 0 Å². The minimum atomic E-state index is 1.12. The molecule has 0 spiro atoms. The van der Waals surface area contributed by atoms with E-state index in [9.17, 15) is 0 Å². The Kier molecular flexibility index (Phi) is 2.88. The molecular formula is C18H14N2S. The highest BCUT2D eigenvalue weighted by Crippen LogP contribution is 2.44. The maximum atomic E-state index is 3.57. The highest BCUT2D eigenvalue weighted by atomic mass is 32.2. The van der Waals surface area contributed by atoms with Crippen LogP contribution in [-0.2, 0) is 0 Å². The Morgan fingerprint density at radius 2 is 1.86 bits per heavy atom. The Bertz CT molecular complexity index is 813. The van der Waals surface area contributed by atoms with E-state index in [0.717, 1.165) is 16.3 Å². The lowest BCUT2D eigenvalue weighted by atomic mass is 10.0. The molecule has 0 radical (unpaired) electrons. The molecule has 0 saturated carbocycles. The van der Waals surface area contributed by atoms with Crippen molar-refractivity contribution in [1.29, 1.82) is 0 Å². The summed E-state index contributed by atoms with van der Waals surface area (Å²) in [7, 11) is 2.10. The smallest absolute Gasteiger partial charge is 0.124 e. The van der Waals surface area contributed by atoms with Gasteiger partial charge in [-0.1, -0.05) is 47.8 Å². The first kappa shape index (κ1) is 12.4. The zero-order chi connectivity index (χ0) is 14.2. The second kappa shape index (κ2) is 4.88. The van der Waals surface area contributed by atoms with E-state index in [1.165, 1.54) is 16.1 Å². The molecule has 2 nitrogen and oxygen atoms in total. The normalized spacial score (nSPS) is 15.4. The van der Waals surface area contributed by atoms with Crippen molar-refractivity contribution in [1.82, 2.24) is 0 Å². The van der Waals surface area contributed by atoms with Gasteiger partial charge in [-0.3, -0.25) is 0 Å². The van der Waals surface area contributed by atoms with Gasteiger partial charge < -0.3 is 10.2 Å². The van der Waals surface area contributed by atoms with Crippen LogP contribution >= 0.6 is 11.8 Å². The third-order valence-electron chi connectivity index (χ3n) is 3.69. The van der Waals surface area contributed by atoms with Crippen molar-refractivity contribution in [2.24, 2.45) is 0 Å². The van der Waals surface area contributed by atoms with Gasteiger partial charge in [0.1, 0.15) is 5.03 Å². The van der Waals surface area contributed by atoms with E-state index in [1.807, 2.05) is 12.3 Å². The van der Waals surface area contributed by atoms with Crippen molar-refractivity contribution in [2.45, 2.75) is 4.90 Å². The van der Waals surface area contributed by atoms with Gasteiger partial charge in [-0.2, -0.15) is 0 Å². The molecular weight excluding hydrogens is 276 g/mol. The minimum absolute atomic E-state index is 1.12. The fourth-order valence-corrected chi connectivity index (χ4v) is 3.65. The molecule has 2 aromatic carbocycles. The molecule has 21 heavy (non-hydrogen) atoms. The lowest BCUT2D eigenvalue weighted by Gasteiger charge is -2.15. The van der Waals surface area contributed by atoms with Gasteiger partial charge in [0.15, 0.2) is 0 Å². The van der Waals surface area contributed by atoms with E-state index < -0.39 is 0 Å². The molecule has 102 valence electrons. The van der Waals surface area contributed by atoms with Gasteiger partial charge in [0.25, 0.3) is 0 Å². The molecule has 3 heteroatoms. The van der Waals surface area contributed by atoms with Gasteiger partial charge in [0.05, 0.1) is 5.69 Å². The Hall–Kier alpha value is -2.35. The molecule has 0 saturated heterocycles. The second-order valence-electron chi connectivity index (χ2n) is 5.00. The summed E-state index contributed by atoms with van der Waals surface area (Å²) in [4.78, 5) is 3.49. The van der Waals surface area contributed by atoms with Crippen molar-refractivity contribution in [3.8, 4) is 0 Å². The Morgan fingerprint density at radius 1 is 1.05 bits per heavy atom. The van der Waals surface area contributed by atoms with Crippen LogP contribution in [0.5, 0.6) is 0 Å². The van der Waals surface area contributed by atoms with Crippen molar-refractivity contribution < 1.29 is 0 Å². The number of thioether (sulfide) groups is 1. The van der Waals surface area contributed by atoms with E-state index in [2.05, 4.69) is 71.5 Å². The number of hydrogen-bond donors (Lipinski definition) is 1. The number of para-hydroxylation sites is 2. The molecule has 0 fully saturated rings. The van der Waals surface area contributed by atoms with Crippen LogP contribution in [0.3, 0.4) is 0 Å². The van der Waals surface area contributed by atoms with Crippen molar-refractivity contribution in [2.75, 3.05) is 17.3 Å². The van der Waals surface area contributed by atoms with E-state index in [1.54, 1.807) is 11.8 Å². The number of fused-ring (bicyclic) bond motifs is 2. The molecule has 0 unspecified atom stereocenters. The summed E-state index contributed by atoms with van der Waals surface area (Å²) in [5.74, 6) is 0. The van der Waals surface area contributed by atoms with Crippen LogP contribution in [0.1, 0.15) is 5.56 Å². The van der Waals surface area contributed by atoms with Crippen molar-refractivity contribution >= 4 is 28.7 Å². The monoisotopic (exact) mass is 290 g/mol. The van der Waals surface area contributed by atoms with Crippen LogP contribution in [-0.4, -0.2) is 7.05 Å². The lowest BCUT2D eigenvalue weighted by Crippen LogP contribution is -2.08. The quantitative estimate of drug-likeness (QED) is 0.708. The van der Waals surface area contributed by atoms with Gasteiger partial charge in [0, 0.05) is 35.0 Å². The molecule has 1 N–H and O–H groups in total. The van der Waals surface area contributed by atoms with Gasteiger partial charge in [-0.05, 0) is 24.3 Å². The maximum absolute atomic E-state index is 3.57. The average Bonchev–Trinajstić information content (AvgIpc) is 2.85. The molecule has 0 atom stereocenters.